The minimum atomic E-state index is -4.30. The Balaban J connectivity index is 1.94. The predicted molar refractivity (Wildman–Crippen MR) is 67.1 cm³/mol. The smallest absolute Gasteiger partial charge is 0.390 e. The minimum absolute atomic E-state index is 0.0453. The maximum absolute atomic E-state index is 12.1. The van der Waals surface area contributed by atoms with Crippen LogP contribution in [0.3, 0.4) is 0 Å². The zero-order chi connectivity index (χ0) is 13.9. The number of aliphatic hydroxyl groups excluding tert-OH is 1. The molecule has 4 nitrogen and oxygen atoms in total. The summed E-state index contributed by atoms with van der Waals surface area (Å²) in [7, 11) is 0. The van der Waals surface area contributed by atoms with Gasteiger partial charge >= 0.3 is 5.51 Å². The highest BCUT2D eigenvalue weighted by atomic mass is 32.2. The van der Waals surface area contributed by atoms with E-state index in [0.29, 0.717) is 12.4 Å². The fourth-order valence-electron chi connectivity index (χ4n) is 1.86. The van der Waals surface area contributed by atoms with E-state index >= 15 is 0 Å². The summed E-state index contributed by atoms with van der Waals surface area (Å²) in [5.74, 6) is 0.470. The highest BCUT2D eigenvalue weighted by Gasteiger charge is 2.29. The Morgan fingerprint density at radius 3 is 2.79 bits per heavy atom. The van der Waals surface area contributed by atoms with E-state index < -0.39 is 11.6 Å². The number of hydrogen-bond acceptors (Lipinski definition) is 5. The van der Waals surface area contributed by atoms with Gasteiger partial charge in [0.05, 0.1) is 12.1 Å². The first-order chi connectivity index (χ1) is 8.94. The molecule has 1 aliphatic heterocycles. The summed E-state index contributed by atoms with van der Waals surface area (Å²) in [5, 5.41) is 15.8. The first-order valence-corrected chi connectivity index (χ1v) is 6.63. The van der Waals surface area contributed by atoms with Gasteiger partial charge in [0.25, 0.3) is 0 Å². The van der Waals surface area contributed by atoms with Gasteiger partial charge in [-0.1, -0.05) is 0 Å². The van der Waals surface area contributed by atoms with Crippen LogP contribution < -0.4 is 10.6 Å². The minimum Gasteiger partial charge on any atom is -0.390 e. The zero-order valence-corrected chi connectivity index (χ0v) is 10.8. The number of thioether (sulfide) groups is 1. The molecule has 0 saturated carbocycles. The lowest BCUT2D eigenvalue weighted by atomic mass is 10.0. The van der Waals surface area contributed by atoms with Gasteiger partial charge in [-0.15, -0.1) is 0 Å². The molecule has 0 aliphatic carbocycles. The number of aromatic nitrogens is 1. The van der Waals surface area contributed by atoms with Crippen LogP contribution in [0.15, 0.2) is 23.2 Å². The Morgan fingerprint density at radius 2 is 2.21 bits per heavy atom. The lowest BCUT2D eigenvalue weighted by Gasteiger charge is -2.29. The Kier molecular flexibility index (Phi) is 4.54. The molecule has 106 valence electrons. The molecule has 0 radical (unpaired) electrons. The molecular formula is C11H14F3N3OS. The van der Waals surface area contributed by atoms with Crippen molar-refractivity contribution in [3.63, 3.8) is 0 Å². The molecule has 0 aromatic carbocycles. The van der Waals surface area contributed by atoms with Crippen LogP contribution in [-0.2, 0) is 0 Å². The van der Waals surface area contributed by atoms with Gasteiger partial charge < -0.3 is 15.7 Å². The number of piperidine rings is 1. The van der Waals surface area contributed by atoms with Gasteiger partial charge in [0.1, 0.15) is 5.82 Å². The van der Waals surface area contributed by atoms with Crippen molar-refractivity contribution in [2.75, 3.05) is 18.4 Å². The molecular weight excluding hydrogens is 279 g/mol. The lowest BCUT2D eigenvalue weighted by Crippen LogP contribution is -2.47. The third-order valence-electron chi connectivity index (χ3n) is 2.75. The van der Waals surface area contributed by atoms with Gasteiger partial charge in [0.15, 0.2) is 0 Å². The van der Waals surface area contributed by atoms with E-state index in [1.54, 1.807) is 0 Å². The average molecular weight is 293 g/mol. The summed E-state index contributed by atoms with van der Waals surface area (Å²) in [6, 6.07) is 2.72. The van der Waals surface area contributed by atoms with Crippen molar-refractivity contribution in [3.8, 4) is 0 Å². The number of pyridine rings is 1. The molecule has 1 fully saturated rings. The summed E-state index contributed by atoms with van der Waals surface area (Å²) in [5.41, 5.74) is -4.30. The van der Waals surface area contributed by atoms with E-state index in [1.807, 2.05) is 0 Å². The molecule has 0 spiro atoms. The van der Waals surface area contributed by atoms with Crippen LogP contribution in [0, 0.1) is 0 Å². The van der Waals surface area contributed by atoms with Crippen LogP contribution in [0.5, 0.6) is 0 Å². The van der Waals surface area contributed by atoms with E-state index in [0.717, 1.165) is 13.0 Å². The normalized spacial score (nSPS) is 24.2. The van der Waals surface area contributed by atoms with Crippen LogP contribution in [0.2, 0.25) is 0 Å². The van der Waals surface area contributed by atoms with Crippen molar-refractivity contribution in [2.24, 2.45) is 0 Å². The van der Waals surface area contributed by atoms with E-state index in [1.165, 1.54) is 18.3 Å². The Bertz CT molecular complexity index is 413. The average Bonchev–Trinajstić information content (AvgIpc) is 2.33. The van der Waals surface area contributed by atoms with Crippen LogP contribution >= 0.6 is 11.8 Å². The summed E-state index contributed by atoms with van der Waals surface area (Å²) < 4.78 is 36.4. The summed E-state index contributed by atoms with van der Waals surface area (Å²) in [6.07, 6.45) is 1.38. The van der Waals surface area contributed by atoms with E-state index in [2.05, 4.69) is 15.6 Å². The molecule has 2 heterocycles. The molecule has 0 amide bonds. The van der Waals surface area contributed by atoms with E-state index in [4.69, 9.17) is 0 Å². The summed E-state index contributed by atoms with van der Waals surface area (Å²) in [6.45, 7) is 1.29. The van der Waals surface area contributed by atoms with Crippen LogP contribution in [-0.4, -0.2) is 40.8 Å². The third kappa shape index (κ3) is 4.55. The first-order valence-electron chi connectivity index (χ1n) is 5.81. The first kappa shape index (κ1) is 14.4. The number of anilines is 1. The number of alkyl halides is 3. The van der Waals surface area contributed by atoms with Crippen molar-refractivity contribution in [3.05, 3.63) is 18.3 Å². The molecule has 1 saturated heterocycles. The van der Waals surface area contributed by atoms with Crippen molar-refractivity contribution in [1.82, 2.24) is 10.3 Å². The SMILES string of the molecule is O[C@H]1CNCC[C@H]1Nc1ccc(SC(F)(F)F)cn1. The van der Waals surface area contributed by atoms with Gasteiger partial charge in [-0.25, -0.2) is 4.98 Å². The fraction of sp³-hybridized carbons (Fsp3) is 0.545. The number of rotatable bonds is 3. The number of nitrogens with one attached hydrogen (secondary N) is 2. The molecule has 0 unspecified atom stereocenters. The molecule has 1 aliphatic rings. The highest BCUT2D eigenvalue weighted by molar-refractivity contribution is 8.00. The van der Waals surface area contributed by atoms with E-state index in [-0.39, 0.29) is 22.7 Å². The van der Waals surface area contributed by atoms with Gasteiger partial charge in [0, 0.05) is 17.6 Å². The molecule has 1 aromatic heterocycles. The molecule has 1 aromatic rings. The second kappa shape index (κ2) is 5.98. The number of β-amino-alcohol motifs (C(OH)–C–C–N with tert-alkyl or cyclic N) is 1. The molecule has 0 bridgehead atoms. The third-order valence-corrected chi connectivity index (χ3v) is 3.46. The van der Waals surface area contributed by atoms with Crippen LogP contribution in [0.4, 0.5) is 19.0 Å². The zero-order valence-electron chi connectivity index (χ0n) is 9.94. The Labute approximate surface area is 112 Å². The molecule has 2 rings (SSSR count). The Hall–Kier alpha value is -0.990. The van der Waals surface area contributed by atoms with Gasteiger partial charge in [-0.05, 0) is 36.9 Å². The molecule has 8 heteroatoms. The quantitative estimate of drug-likeness (QED) is 0.742. The van der Waals surface area contributed by atoms with Gasteiger partial charge in [0.2, 0.25) is 0 Å². The highest BCUT2D eigenvalue weighted by Crippen LogP contribution is 2.36. The fourth-order valence-corrected chi connectivity index (χ4v) is 2.37. The number of nitrogens with zero attached hydrogens (tertiary/aromatic N) is 1. The van der Waals surface area contributed by atoms with Crippen molar-refractivity contribution in [1.29, 1.82) is 0 Å². The molecule has 2 atom stereocenters. The van der Waals surface area contributed by atoms with Gasteiger partial charge in [-0.3, -0.25) is 0 Å². The van der Waals surface area contributed by atoms with E-state index in [9.17, 15) is 18.3 Å². The van der Waals surface area contributed by atoms with Crippen molar-refractivity contribution < 1.29 is 18.3 Å². The topological polar surface area (TPSA) is 57.2 Å². The number of halogens is 3. The summed E-state index contributed by atoms with van der Waals surface area (Å²) in [4.78, 5) is 3.97. The largest absolute Gasteiger partial charge is 0.446 e. The monoisotopic (exact) mass is 293 g/mol. The standard InChI is InChI=1S/C11H14F3N3OS/c12-11(13,14)19-7-1-2-10(16-5-7)17-8-3-4-15-6-9(8)18/h1-2,5,8-9,15,18H,3-4,6H2,(H,16,17)/t8-,9+/m1/s1. The Morgan fingerprint density at radius 1 is 1.42 bits per heavy atom. The summed E-state index contributed by atoms with van der Waals surface area (Å²) >= 11 is -0.194. The van der Waals surface area contributed by atoms with Crippen molar-refractivity contribution in [2.45, 2.75) is 29.0 Å². The van der Waals surface area contributed by atoms with Gasteiger partial charge in [-0.2, -0.15) is 13.2 Å². The second-order valence-electron chi connectivity index (χ2n) is 4.24. The second-order valence-corrected chi connectivity index (χ2v) is 5.38. The maximum Gasteiger partial charge on any atom is 0.446 e. The van der Waals surface area contributed by atoms with Crippen LogP contribution in [0.1, 0.15) is 6.42 Å². The van der Waals surface area contributed by atoms with Crippen molar-refractivity contribution >= 4 is 17.6 Å². The predicted octanol–water partition coefficient (Wildman–Crippen LogP) is 1.83. The number of hydrogen-bond donors (Lipinski definition) is 3. The number of aliphatic hydroxyl groups is 1. The van der Waals surface area contributed by atoms with Crippen LogP contribution in [0.25, 0.3) is 0 Å². The molecule has 3 N–H and O–H groups in total. The maximum atomic E-state index is 12.1. The molecule has 19 heavy (non-hydrogen) atoms. The lowest BCUT2D eigenvalue weighted by molar-refractivity contribution is -0.0328.